The maximum atomic E-state index is 5.79. The van der Waals surface area contributed by atoms with Crippen LogP contribution in [0.5, 0.6) is 11.5 Å². The molecule has 0 bridgehead atoms. The topological polar surface area (TPSA) is 9.23 Å². The number of thioether (sulfide) groups is 1. The fourth-order valence-corrected chi connectivity index (χ4v) is 3.66. The van der Waals surface area contributed by atoms with E-state index in [9.17, 15) is 0 Å². The molecule has 0 N–H and O–H groups in total. The van der Waals surface area contributed by atoms with Crippen LogP contribution in [0.25, 0.3) is 0 Å². The summed E-state index contributed by atoms with van der Waals surface area (Å²) in [5, 5.41) is 0.820. The monoisotopic (exact) mass is 270 g/mol. The van der Waals surface area contributed by atoms with Crippen molar-refractivity contribution in [1.29, 1.82) is 0 Å². The van der Waals surface area contributed by atoms with Crippen molar-refractivity contribution in [3.63, 3.8) is 0 Å². The van der Waals surface area contributed by atoms with Gasteiger partial charge in [-0.2, -0.15) is 0 Å². The fraction of sp³-hybridized carbons (Fsp3) is 0.294. The fourth-order valence-electron chi connectivity index (χ4n) is 2.41. The molecule has 3 rings (SSSR count). The number of rotatable bonds is 4. The lowest BCUT2D eigenvalue weighted by Crippen LogP contribution is -1.92. The van der Waals surface area contributed by atoms with Crippen LogP contribution < -0.4 is 4.74 Å². The maximum Gasteiger partial charge on any atom is 0.127 e. The van der Waals surface area contributed by atoms with E-state index >= 15 is 0 Å². The highest BCUT2D eigenvalue weighted by Gasteiger charge is 2.15. The number of benzene rings is 2. The highest BCUT2D eigenvalue weighted by molar-refractivity contribution is 8.00. The summed E-state index contributed by atoms with van der Waals surface area (Å²) in [5.41, 5.74) is 0. The molecule has 0 heterocycles. The third-order valence-corrected chi connectivity index (χ3v) is 4.76. The first-order valence-electron chi connectivity index (χ1n) is 6.90. The minimum absolute atomic E-state index is 0.820. The van der Waals surface area contributed by atoms with Crippen molar-refractivity contribution in [1.82, 2.24) is 0 Å². The van der Waals surface area contributed by atoms with Crippen molar-refractivity contribution < 1.29 is 4.74 Å². The van der Waals surface area contributed by atoms with Gasteiger partial charge in [0.05, 0.1) is 0 Å². The summed E-state index contributed by atoms with van der Waals surface area (Å²) in [6, 6.07) is 18.4. The van der Waals surface area contributed by atoms with E-state index in [0.29, 0.717) is 0 Å². The van der Waals surface area contributed by atoms with Gasteiger partial charge in [-0.05, 0) is 49.2 Å². The molecule has 0 atom stereocenters. The van der Waals surface area contributed by atoms with Crippen LogP contribution in [0.4, 0.5) is 0 Å². The first-order chi connectivity index (χ1) is 9.40. The molecule has 2 heteroatoms. The minimum Gasteiger partial charge on any atom is -0.457 e. The van der Waals surface area contributed by atoms with Gasteiger partial charge in [0.2, 0.25) is 0 Å². The Balaban J connectivity index is 1.62. The van der Waals surface area contributed by atoms with Crippen LogP contribution in [-0.4, -0.2) is 5.25 Å². The van der Waals surface area contributed by atoms with Crippen LogP contribution in [0.15, 0.2) is 59.5 Å². The Morgan fingerprint density at radius 1 is 0.789 bits per heavy atom. The first-order valence-corrected chi connectivity index (χ1v) is 7.78. The summed E-state index contributed by atoms with van der Waals surface area (Å²) < 4.78 is 5.79. The smallest absolute Gasteiger partial charge is 0.127 e. The van der Waals surface area contributed by atoms with Crippen molar-refractivity contribution in [3.8, 4) is 11.5 Å². The number of hydrogen-bond acceptors (Lipinski definition) is 2. The van der Waals surface area contributed by atoms with Crippen LogP contribution in [0, 0.1) is 0 Å². The third-order valence-electron chi connectivity index (χ3n) is 3.41. The van der Waals surface area contributed by atoms with E-state index in [1.165, 1.54) is 30.6 Å². The minimum atomic E-state index is 0.820. The average Bonchev–Trinajstić information content (AvgIpc) is 2.95. The largest absolute Gasteiger partial charge is 0.457 e. The van der Waals surface area contributed by atoms with Gasteiger partial charge in [0.1, 0.15) is 11.5 Å². The standard InChI is InChI=1S/C17H18OS/c1-2-6-14(7-3-1)18-15-10-12-17(13-11-15)19-16-8-4-5-9-16/h1-3,6-7,10-13,16H,4-5,8-9H2. The molecule has 1 saturated carbocycles. The Labute approximate surface area is 119 Å². The van der Waals surface area contributed by atoms with Crippen molar-refractivity contribution in [3.05, 3.63) is 54.6 Å². The average molecular weight is 270 g/mol. The molecule has 0 aliphatic heterocycles. The van der Waals surface area contributed by atoms with Crippen LogP contribution >= 0.6 is 11.8 Å². The molecular formula is C17H18OS. The molecule has 1 nitrogen and oxygen atoms in total. The number of ether oxygens (including phenoxy) is 1. The first kappa shape index (κ1) is 12.6. The molecule has 2 aromatic carbocycles. The molecule has 2 aromatic rings. The molecule has 1 aliphatic carbocycles. The van der Waals surface area contributed by atoms with Gasteiger partial charge in [0.15, 0.2) is 0 Å². The molecule has 0 radical (unpaired) electrons. The summed E-state index contributed by atoms with van der Waals surface area (Å²) >= 11 is 2.01. The van der Waals surface area contributed by atoms with E-state index in [1.54, 1.807) is 0 Å². The van der Waals surface area contributed by atoms with Gasteiger partial charge in [0, 0.05) is 10.1 Å². The Morgan fingerprint density at radius 3 is 2.11 bits per heavy atom. The predicted octanol–water partition coefficient (Wildman–Crippen LogP) is 5.51. The SMILES string of the molecule is c1ccc(Oc2ccc(SC3CCCC3)cc2)cc1. The lowest BCUT2D eigenvalue weighted by molar-refractivity contribution is 0.482. The lowest BCUT2D eigenvalue weighted by Gasteiger charge is -2.10. The third kappa shape index (κ3) is 3.54. The second-order valence-electron chi connectivity index (χ2n) is 4.91. The molecule has 98 valence electrons. The quantitative estimate of drug-likeness (QED) is 0.724. The Hall–Kier alpha value is -1.41. The molecule has 0 saturated heterocycles. The highest BCUT2D eigenvalue weighted by atomic mass is 32.2. The Morgan fingerprint density at radius 2 is 1.42 bits per heavy atom. The zero-order chi connectivity index (χ0) is 12.9. The van der Waals surface area contributed by atoms with Crippen molar-refractivity contribution in [2.45, 2.75) is 35.8 Å². The summed E-state index contributed by atoms with van der Waals surface area (Å²) in [5.74, 6) is 1.79. The summed E-state index contributed by atoms with van der Waals surface area (Å²) in [4.78, 5) is 1.35. The van der Waals surface area contributed by atoms with Crippen molar-refractivity contribution >= 4 is 11.8 Å². The van der Waals surface area contributed by atoms with E-state index in [0.717, 1.165) is 16.7 Å². The second kappa shape index (κ2) is 6.16. The molecule has 0 spiro atoms. The van der Waals surface area contributed by atoms with Gasteiger partial charge < -0.3 is 4.74 Å². The Bertz CT molecular complexity index is 501. The van der Waals surface area contributed by atoms with Crippen molar-refractivity contribution in [2.24, 2.45) is 0 Å². The van der Waals surface area contributed by atoms with Gasteiger partial charge in [-0.1, -0.05) is 31.0 Å². The van der Waals surface area contributed by atoms with Crippen LogP contribution in [0.2, 0.25) is 0 Å². The maximum absolute atomic E-state index is 5.79. The zero-order valence-electron chi connectivity index (χ0n) is 10.9. The van der Waals surface area contributed by atoms with E-state index in [4.69, 9.17) is 4.74 Å². The molecule has 0 unspecified atom stereocenters. The zero-order valence-corrected chi connectivity index (χ0v) is 11.7. The molecule has 19 heavy (non-hydrogen) atoms. The predicted molar refractivity (Wildman–Crippen MR) is 81.1 cm³/mol. The molecular weight excluding hydrogens is 252 g/mol. The summed E-state index contributed by atoms with van der Waals surface area (Å²) in [6.45, 7) is 0. The normalized spacial score (nSPS) is 15.6. The highest BCUT2D eigenvalue weighted by Crippen LogP contribution is 2.35. The number of para-hydroxylation sites is 1. The Kier molecular flexibility index (Phi) is 4.09. The lowest BCUT2D eigenvalue weighted by atomic mass is 10.3. The van der Waals surface area contributed by atoms with E-state index < -0.39 is 0 Å². The van der Waals surface area contributed by atoms with Crippen LogP contribution in [0.3, 0.4) is 0 Å². The van der Waals surface area contributed by atoms with Gasteiger partial charge in [-0.25, -0.2) is 0 Å². The van der Waals surface area contributed by atoms with Crippen LogP contribution in [0.1, 0.15) is 25.7 Å². The van der Waals surface area contributed by atoms with Crippen molar-refractivity contribution in [2.75, 3.05) is 0 Å². The second-order valence-corrected chi connectivity index (χ2v) is 6.28. The van der Waals surface area contributed by atoms with Gasteiger partial charge in [-0.15, -0.1) is 11.8 Å². The summed E-state index contributed by atoms with van der Waals surface area (Å²) in [6.07, 6.45) is 5.53. The molecule has 1 aliphatic rings. The van der Waals surface area contributed by atoms with E-state index in [1.807, 2.05) is 42.1 Å². The van der Waals surface area contributed by atoms with E-state index in [2.05, 4.69) is 24.3 Å². The van der Waals surface area contributed by atoms with Crippen LogP contribution in [-0.2, 0) is 0 Å². The van der Waals surface area contributed by atoms with E-state index in [-0.39, 0.29) is 0 Å². The van der Waals surface area contributed by atoms with Gasteiger partial charge in [0.25, 0.3) is 0 Å². The molecule has 0 amide bonds. The molecule has 1 fully saturated rings. The molecule has 0 aromatic heterocycles. The van der Waals surface area contributed by atoms with Gasteiger partial charge in [-0.3, -0.25) is 0 Å². The summed E-state index contributed by atoms with van der Waals surface area (Å²) in [7, 11) is 0. The number of hydrogen-bond donors (Lipinski definition) is 0. The van der Waals surface area contributed by atoms with Gasteiger partial charge >= 0.3 is 0 Å².